The van der Waals surface area contributed by atoms with Crippen LogP contribution in [0.4, 0.5) is 4.39 Å². The van der Waals surface area contributed by atoms with E-state index in [1.165, 1.54) is 16.8 Å². The molecular formula is C23H23FN6O2. The van der Waals surface area contributed by atoms with Gasteiger partial charge in [0.05, 0.1) is 24.2 Å². The monoisotopic (exact) mass is 434 g/mol. The Hall–Kier alpha value is -3.75. The highest BCUT2D eigenvalue weighted by atomic mass is 19.1. The number of carbonyl (C=O) groups excluding carboxylic acids is 1. The molecule has 9 heteroatoms. The molecule has 1 aliphatic heterocycles. The smallest absolute Gasteiger partial charge is 0.346 e. The number of rotatable bonds is 5. The molecule has 0 fully saturated rings. The first-order chi connectivity index (χ1) is 15.6. The summed E-state index contributed by atoms with van der Waals surface area (Å²) >= 11 is 0. The third-order valence-corrected chi connectivity index (χ3v) is 5.91. The summed E-state index contributed by atoms with van der Waals surface area (Å²) in [6.07, 6.45) is 2.20. The molecule has 5 rings (SSSR count). The van der Waals surface area contributed by atoms with Crippen LogP contribution in [0.1, 0.15) is 29.9 Å². The number of fused-ring (bicyclic) bond motifs is 2. The molecular weight excluding hydrogens is 411 g/mol. The largest absolute Gasteiger partial charge is 0.353 e. The maximum Gasteiger partial charge on any atom is 0.346 e. The summed E-state index contributed by atoms with van der Waals surface area (Å²) in [7, 11) is 0. The van der Waals surface area contributed by atoms with Gasteiger partial charge in [-0.1, -0.05) is 30.3 Å². The molecule has 164 valence electrons. The molecule has 0 bridgehead atoms. The van der Waals surface area contributed by atoms with E-state index < -0.39 is 0 Å². The van der Waals surface area contributed by atoms with Crippen LogP contribution in [-0.2, 0) is 30.7 Å². The van der Waals surface area contributed by atoms with Crippen LogP contribution in [0.3, 0.4) is 0 Å². The summed E-state index contributed by atoms with van der Waals surface area (Å²) in [5.41, 5.74) is 2.27. The van der Waals surface area contributed by atoms with Gasteiger partial charge in [-0.2, -0.15) is 10.2 Å². The molecule has 32 heavy (non-hydrogen) atoms. The maximum atomic E-state index is 13.1. The first-order valence-electron chi connectivity index (χ1n) is 10.7. The van der Waals surface area contributed by atoms with Crippen molar-refractivity contribution in [1.82, 2.24) is 29.9 Å². The number of aryl methyl sites for hydroxylation is 1. The number of halogens is 1. The molecule has 0 spiro atoms. The van der Waals surface area contributed by atoms with Crippen LogP contribution in [0.25, 0.3) is 10.9 Å². The van der Waals surface area contributed by atoms with Gasteiger partial charge >= 0.3 is 5.69 Å². The standard InChI is InChI=1S/C23H23FN6O2/c24-16-7-5-15(6-8-16)14-30-23(32)29-12-11-17(9-10-21(29)28-30)25-22(31)13-20-18-3-1-2-4-19(18)26-27-20/h1-8,17H,9-14H2,(H,25,31)(H,26,27). The number of nitrogens with one attached hydrogen (secondary N) is 2. The van der Waals surface area contributed by atoms with E-state index >= 15 is 0 Å². The van der Waals surface area contributed by atoms with Crippen LogP contribution >= 0.6 is 0 Å². The van der Waals surface area contributed by atoms with Crippen molar-refractivity contribution in [2.75, 3.05) is 0 Å². The van der Waals surface area contributed by atoms with Crippen molar-refractivity contribution in [3.8, 4) is 0 Å². The predicted octanol–water partition coefficient (Wildman–Crippen LogP) is 2.17. The Morgan fingerprint density at radius 2 is 1.97 bits per heavy atom. The van der Waals surface area contributed by atoms with Crippen molar-refractivity contribution in [3.05, 3.63) is 81.9 Å². The van der Waals surface area contributed by atoms with Gasteiger partial charge in [0.2, 0.25) is 5.91 Å². The number of nitrogens with zero attached hydrogens (tertiary/aromatic N) is 4. The van der Waals surface area contributed by atoms with Gasteiger partial charge in [0.25, 0.3) is 0 Å². The lowest BCUT2D eigenvalue weighted by atomic mass is 10.1. The van der Waals surface area contributed by atoms with Gasteiger partial charge in [-0.25, -0.2) is 13.9 Å². The van der Waals surface area contributed by atoms with Crippen LogP contribution in [0.5, 0.6) is 0 Å². The second-order valence-corrected chi connectivity index (χ2v) is 8.12. The number of aromatic amines is 1. The van der Waals surface area contributed by atoms with Crippen LogP contribution in [-0.4, -0.2) is 36.5 Å². The number of hydrogen-bond acceptors (Lipinski definition) is 4. The van der Waals surface area contributed by atoms with E-state index in [9.17, 15) is 14.0 Å². The molecule has 0 aliphatic carbocycles. The van der Waals surface area contributed by atoms with Crippen LogP contribution in [0.2, 0.25) is 0 Å². The molecule has 2 aromatic heterocycles. The fraction of sp³-hybridized carbons (Fsp3) is 0.304. The molecule has 1 atom stereocenters. The lowest BCUT2D eigenvalue weighted by Gasteiger charge is -2.15. The van der Waals surface area contributed by atoms with Gasteiger partial charge in [0.15, 0.2) is 0 Å². The Morgan fingerprint density at radius 1 is 1.16 bits per heavy atom. The number of aromatic nitrogens is 5. The summed E-state index contributed by atoms with van der Waals surface area (Å²) < 4.78 is 16.2. The van der Waals surface area contributed by atoms with E-state index in [4.69, 9.17) is 0 Å². The first kappa shape index (κ1) is 20.2. The zero-order chi connectivity index (χ0) is 22.1. The van der Waals surface area contributed by atoms with Gasteiger partial charge in [0.1, 0.15) is 11.6 Å². The van der Waals surface area contributed by atoms with Gasteiger partial charge in [-0.05, 0) is 36.6 Å². The number of benzene rings is 2. The van der Waals surface area contributed by atoms with Gasteiger partial charge in [-0.3, -0.25) is 14.5 Å². The highest BCUT2D eigenvalue weighted by Crippen LogP contribution is 2.17. The second-order valence-electron chi connectivity index (χ2n) is 8.12. The van der Waals surface area contributed by atoms with Gasteiger partial charge < -0.3 is 5.32 Å². The third-order valence-electron chi connectivity index (χ3n) is 5.91. The van der Waals surface area contributed by atoms with E-state index in [0.717, 1.165) is 22.2 Å². The minimum atomic E-state index is -0.310. The zero-order valence-electron chi connectivity index (χ0n) is 17.4. The topological polar surface area (TPSA) is 97.6 Å². The highest BCUT2D eigenvalue weighted by molar-refractivity contribution is 5.87. The lowest BCUT2D eigenvalue weighted by Crippen LogP contribution is -2.36. The molecule has 3 heterocycles. The van der Waals surface area contributed by atoms with Crippen LogP contribution < -0.4 is 11.0 Å². The lowest BCUT2D eigenvalue weighted by molar-refractivity contribution is -0.121. The Morgan fingerprint density at radius 3 is 2.81 bits per heavy atom. The van der Waals surface area contributed by atoms with E-state index in [2.05, 4.69) is 20.6 Å². The number of carbonyl (C=O) groups is 1. The van der Waals surface area contributed by atoms with Crippen molar-refractivity contribution in [2.45, 2.75) is 44.8 Å². The molecule has 1 amide bonds. The summed E-state index contributed by atoms with van der Waals surface area (Å²) in [5, 5.41) is 15.7. The van der Waals surface area contributed by atoms with Gasteiger partial charge in [0, 0.05) is 24.4 Å². The SMILES string of the molecule is O=C(Cc1[nH]nc2ccccc12)NC1CCc2nn(Cc3ccc(F)cc3)c(=O)n2CC1. The van der Waals surface area contributed by atoms with Crippen molar-refractivity contribution in [2.24, 2.45) is 0 Å². The Labute approximate surface area is 183 Å². The number of para-hydroxylation sites is 1. The number of hydrogen-bond donors (Lipinski definition) is 2. The van der Waals surface area contributed by atoms with E-state index in [1.54, 1.807) is 16.7 Å². The maximum absolute atomic E-state index is 13.1. The molecule has 2 aromatic carbocycles. The highest BCUT2D eigenvalue weighted by Gasteiger charge is 2.22. The number of H-pyrrole nitrogens is 1. The molecule has 1 unspecified atom stereocenters. The zero-order valence-corrected chi connectivity index (χ0v) is 17.4. The van der Waals surface area contributed by atoms with Crippen molar-refractivity contribution >= 4 is 16.8 Å². The fourth-order valence-corrected chi connectivity index (χ4v) is 4.23. The van der Waals surface area contributed by atoms with Crippen molar-refractivity contribution in [1.29, 1.82) is 0 Å². The minimum absolute atomic E-state index is 0.0247. The molecule has 1 aliphatic rings. The first-order valence-corrected chi connectivity index (χ1v) is 10.7. The van der Waals surface area contributed by atoms with Crippen molar-refractivity contribution in [3.63, 3.8) is 0 Å². The predicted molar refractivity (Wildman–Crippen MR) is 117 cm³/mol. The summed E-state index contributed by atoms with van der Waals surface area (Å²) in [6, 6.07) is 13.7. The third kappa shape index (κ3) is 4.05. The van der Waals surface area contributed by atoms with Crippen LogP contribution in [0, 0.1) is 5.82 Å². The Balaban J connectivity index is 1.22. The van der Waals surface area contributed by atoms with E-state index in [1.807, 2.05) is 24.3 Å². The fourth-order valence-electron chi connectivity index (χ4n) is 4.23. The average molecular weight is 434 g/mol. The van der Waals surface area contributed by atoms with Crippen LogP contribution in [0.15, 0.2) is 53.3 Å². The Kier molecular flexibility index (Phi) is 5.30. The summed E-state index contributed by atoms with van der Waals surface area (Å²) in [5.74, 6) is 0.335. The average Bonchev–Trinajstić information content (AvgIpc) is 3.25. The Bertz CT molecular complexity index is 1320. The quantitative estimate of drug-likeness (QED) is 0.503. The van der Waals surface area contributed by atoms with Gasteiger partial charge in [-0.15, -0.1) is 0 Å². The van der Waals surface area contributed by atoms with E-state index in [0.29, 0.717) is 38.2 Å². The molecule has 0 saturated carbocycles. The molecule has 8 nitrogen and oxygen atoms in total. The molecule has 0 saturated heterocycles. The van der Waals surface area contributed by atoms with E-state index in [-0.39, 0.29) is 29.9 Å². The summed E-state index contributed by atoms with van der Waals surface area (Å²) in [4.78, 5) is 25.4. The summed E-state index contributed by atoms with van der Waals surface area (Å²) in [6.45, 7) is 0.799. The molecule has 0 radical (unpaired) electrons. The van der Waals surface area contributed by atoms with Crippen molar-refractivity contribution < 1.29 is 9.18 Å². The minimum Gasteiger partial charge on any atom is -0.353 e. The second kappa shape index (κ2) is 8.41. The number of amides is 1. The normalized spacial score (nSPS) is 16.0. The molecule has 4 aromatic rings. The molecule has 2 N–H and O–H groups in total.